The molecule has 0 spiro atoms. The first-order chi connectivity index (χ1) is 6.50. The van der Waals surface area contributed by atoms with E-state index in [-0.39, 0.29) is 10.6 Å². The van der Waals surface area contributed by atoms with E-state index in [1.165, 1.54) is 0 Å². The highest BCUT2D eigenvalue weighted by Crippen LogP contribution is 2.21. The van der Waals surface area contributed by atoms with Crippen molar-refractivity contribution in [2.24, 2.45) is 0 Å². The molecule has 0 atom stereocenters. The molecule has 0 heterocycles. The molecule has 0 saturated heterocycles. The molecule has 0 aliphatic rings. The van der Waals surface area contributed by atoms with Gasteiger partial charge in [0.2, 0.25) is 0 Å². The molecule has 2 nitrogen and oxygen atoms in total. The fraction of sp³-hybridized carbons (Fsp3) is 0. The fourth-order valence-corrected chi connectivity index (χ4v) is 1.04. The second-order valence-electron chi connectivity index (χ2n) is 2.46. The number of halogens is 3. The first-order valence-corrected chi connectivity index (χ1v) is 3.94. The number of carbonyl (C=O) groups is 1. The summed E-state index contributed by atoms with van der Waals surface area (Å²) in [6, 6.07) is 1.62. The molecule has 0 unspecified atom stereocenters. The number of carboxylic acids is 1. The Bertz CT molecular complexity index is 402. The van der Waals surface area contributed by atoms with Crippen LogP contribution in [0.15, 0.2) is 18.2 Å². The standard InChI is InChI=1S/C9H5ClF2O2/c10-6-4-8(12)7(11)3-5(6)1-2-9(13)14/h1-4H,(H,13,14)/b2-1+. The number of benzene rings is 1. The van der Waals surface area contributed by atoms with Gasteiger partial charge in [-0.2, -0.15) is 0 Å². The van der Waals surface area contributed by atoms with E-state index in [4.69, 9.17) is 16.7 Å². The van der Waals surface area contributed by atoms with Crippen LogP contribution in [0, 0.1) is 11.6 Å². The average molecular weight is 219 g/mol. The predicted molar refractivity (Wildman–Crippen MR) is 48.0 cm³/mol. The Morgan fingerprint density at radius 3 is 2.50 bits per heavy atom. The van der Waals surface area contributed by atoms with Gasteiger partial charge >= 0.3 is 5.97 Å². The summed E-state index contributed by atoms with van der Waals surface area (Å²) in [5, 5.41) is 8.25. The molecule has 1 N–H and O–H groups in total. The molecular formula is C9H5ClF2O2. The normalized spacial score (nSPS) is 10.8. The van der Waals surface area contributed by atoms with Gasteiger partial charge in [-0.1, -0.05) is 11.6 Å². The van der Waals surface area contributed by atoms with Crippen LogP contribution in [-0.4, -0.2) is 11.1 Å². The van der Waals surface area contributed by atoms with Crippen LogP contribution in [0.3, 0.4) is 0 Å². The van der Waals surface area contributed by atoms with Gasteiger partial charge in [0.05, 0.1) is 5.02 Å². The van der Waals surface area contributed by atoms with Crippen LogP contribution in [0.1, 0.15) is 5.56 Å². The third kappa shape index (κ3) is 2.53. The van der Waals surface area contributed by atoms with Crippen LogP contribution in [-0.2, 0) is 4.79 Å². The zero-order valence-corrected chi connectivity index (χ0v) is 7.55. The van der Waals surface area contributed by atoms with Crippen molar-refractivity contribution < 1.29 is 18.7 Å². The maximum atomic E-state index is 12.7. The molecule has 0 aromatic heterocycles. The highest BCUT2D eigenvalue weighted by atomic mass is 35.5. The van der Waals surface area contributed by atoms with E-state index in [0.717, 1.165) is 24.3 Å². The van der Waals surface area contributed by atoms with Crippen molar-refractivity contribution in [3.63, 3.8) is 0 Å². The maximum absolute atomic E-state index is 12.7. The van der Waals surface area contributed by atoms with E-state index < -0.39 is 17.6 Å². The summed E-state index contributed by atoms with van der Waals surface area (Å²) < 4.78 is 25.2. The van der Waals surface area contributed by atoms with Crippen LogP contribution >= 0.6 is 11.6 Å². The molecule has 1 rings (SSSR count). The molecule has 0 aliphatic heterocycles. The second kappa shape index (κ2) is 4.19. The lowest BCUT2D eigenvalue weighted by molar-refractivity contribution is -0.131. The van der Waals surface area contributed by atoms with Gasteiger partial charge in [-0.15, -0.1) is 0 Å². The van der Waals surface area contributed by atoms with E-state index in [0.29, 0.717) is 0 Å². The minimum Gasteiger partial charge on any atom is -0.478 e. The molecule has 0 fully saturated rings. The van der Waals surface area contributed by atoms with Crippen molar-refractivity contribution in [3.8, 4) is 0 Å². The predicted octanol–water partition coefficient (Wildman–Crippen LogP) is 2.72. The van der Waals surface area contributed by atoms with Crippen molar-refractivity contribution in [1.29, 1.82) is 0 Å². The summed E-state index contributed by atoms with van der Waals surface area (Å²) in [5.41, 5.74) is 0.118. The Kier molecular flexibility index (Phi) is 3.19. The van der Waals surface area contributed by atoms with Crippen molar-refractivity contribution in [2.75, 3.05) is 0 Å². The SMILES string of the molecule is O=C(O)/C=C/c1cc(F)c(F)cc1Cl. The Morgan fingerprint density at radius 2 is 1.93 bits per heavy atom. The van der Waals surface area contributed by atoms with Crippen LogP contribution in [0.5, 0.6) is 0 Å². The molecule has 0 amide bonds. The highest BCUT2D eigenvalue weighted by molar-refractivity contribution is 6.32. The lowest BCUT2D eigenvalue weighted by Gasteiger charge is -1.98. The summed E-state index contributed by atoms with van der Waals surface area (Å²) in [4.78, 5) is 10.1. The molecule has 14 heavy (non-hydrogen) atoms. The van der Waals surface area contributed by atoms with Gasteiger partial charge in [0.15, 0.2) is 11.6 Å². The molecule has 74 valence electrons. The Labute approximate surface area is 83.4 Å². The number of carboxylic acid groups (broad SMARTS) is 1. The molecule has 0 saturated carbocycles. The maximum Gasteiger partial charge on any atom is 0.328 e. The van der Waals surface area contributed by atoms with E-state index in [2.05, 4.69) is 0 Å². The van der Waals surface area contributed by atoms with Crippen molar-refractivity contribution in [3.05, 3.63) is 40.4 Å². The minimum atomic E-state index is -1.19. The molecule has 1 aromatic rings. The molecule has 0 aliphatic carbocycles. The lowest BCUT2D eigenvalue weighted by Crippen LogP contribution is -1.89. The lowest BCUT2D eigenvalue weighted by atomic mass is 10.2. The first kappa shape index (κ1) is 10.7. The molecule has 1 aromatic carbocycles. The number of hydrogen-bond acceptors (Lipinski definition) is 1. The smallest absolute Gasteiger partial charge is 0.328 e. The van der Waals surface area contributed by atoms with E-state index in [9.17, 15) is 13.6 Å². The van der Waals surface area contributed by atoms with Gasteiger partial charge in [-0.05, 0) is 23.8 Å². The Balaban J connectivity index is 3.10. The van der Waals surface area contributed by atoms with Gasteiger partial charge in [0, 0.05) is 6.08 Å². The molecule has 5 heteroatoms. The minimum absolute atomic E-state index is 0.0404. The van der Waals surface area contributed by atoms with Crippen LogP contribution in [0.2, 0.25) is 5.02 Å². The van der Waals surface area contributed by atoms with Crippen LogP contribution < -0.4 is 0 Å². The van der Waals surface area contributed by atoms with Gasteiger partial charge in [-0.25, -0.2) is 13.6 Å². The van der Waals surface area contributed by atoms with Gasteiger partial charge in [0.25, 0.3) is 0 Å². The fourth-order valence-electron chi connectivity index (χ4n) is 0.827. The third-order valence-electron chi connectivity index (χ3n) is 1.45. The van der Waals surface area contributed by atoms with Crippen molar-refractivity contribution in [2.45, 2.75) is 0 Å². The van der Waals surface area contributed by atoms with Crippen LogP contribution in [0.25, 0.3) is 6.08 Å². The summed E-state index contributed by atoms with van der Waals surface area (Å²) in [6.45, 7) is 0. The van der Waals surface area contributed by atoms with Crippen molar-refractivity contribution in [1.82, 2.24) is 0 Å². The van der Waals surface area contributed by atoms with E-state index in [1.54, 1.807) is 0 Å². The van der Waals surface area contributed by atoms with E-state index >= 15 is 0 Å². The summed E-state index contributed by atoms with van der Waals surface area (Å²) >= 11 is 5.53. The first-order valence-electron chi connectivity index (χ1n) is 3.56. The number of aliphatic carboxylic acids is 1. The zero-order chi connectivity index (χ0) is 10.7. The molecule has 0 radical (unpaired) electrons. The zero-order valence-electron chi connectivity index (χ0n) is 6.80. The second-order valence-corrected chi connectivity index (χ2v) is 2.87. The van der Waals surface area contributed by atoms with Gasteiger partial charge < -0.3 is 5.11 Å². The number of rotatable bonds is 2. The van der Waals surface area contributed by atoms with Gasteiger partial charge in [-0.3, -0.25) is 0 Å². The number of hydrogen-bond donors (Lipinski definition) is 1. The van der Waals surface area contributed by atoms with Gasteiger partial charge in [0.1, 0.15) is 0 Å². The monoisotopic (exact) mass is 218 g/mol. The van der Waals surface area contributed by atoms with E-state index in [1.807, 2.05) is 0 Å². The van der Waals surface area contributed by atoms with Crippen LogP contribution in [0.4, 0.5) is 8.78 Å². The third-order valence-corrected chi connectivity index (χ3v) is 1.77. The Morgan fingerprint density at radius 1 is 1.36 bits per heavy atom. The quantitative estimate of drug-likeness (QED) is 0.612. The van der Waals surface area contributed by atoms with Crippen molar-refractivity contribution >= 4 is 23.6 Å². The highest BCUT2D eigenvalue weighted by Gasteiger charge is 2.06. The molecular weight excluding hydrogens is 214 g/mol. The summed E-state index contributed by atoms with van der Waals surface area (Å²) in [7, 11) is 0. The summed E-state index contributed by atoms with van der Waals surface area (Å²) in [6.07, 6.45) is 1.88. The summed E-state index contributed by atoms with van der Waals surface area (Å²) in [5.74, 6) is -3.33. The Hall–Kier alpha value is -1.42. The average Bonchev–Trinajstić information content (AvgIpc) is 2.09. The largest absolute Gasteiger partial charge is 0.478 e. The topological polar surface area (TPSA) is 37.3 Å². The molecule has 0 bridgehead atoms.